The maximum Gasteiger partial charge on any atom is 0.306 e. The van der Waals surface area contributed by atoms with Crippen LogP contribution in [-0.2, 0) is 33.8 Å². The Kier molecular flexibility index (Phi) is 4.93. The van der Waals surface area contributed by atoms with Gasteiger partial charge in [0, 0.05) is 18.5 Å². The molecule has 0 bridgehead atoms. The molecule has 106 valence electrons. The molecule has 1 fully saturated rings. The third-order valence-corrected chi connectivity index (χ3v) is 3.23. The molecule has 19 heavy (non-hydrogen) atoms. The number of imidazole rings is 1. The summed E-state index contributed by atoms with van der Waals surface area (Å²) < 4.78 is 12.3. The molecule has 2 heterocycles. The second-order valence-corrected chi connectivity index (χ2v) is 4.52. The predicted octanol–water partition coefficient (Wildman–Crippen LogP) is 0.660. The van der Waals surface area contributed by atoms with Gasteiger partial charge in [0.1, 0.15) is 12.4 Å². The highest BCUT2D eigenvalue weighted by Crippen LogP contribution is 2.17. The Balaban J connectivity index is 1.98. The Morgan fingerprint density at radius 3 is 3.05 bits per heavy atom. The monoisotopic (exact) mass is 268 g/mol. The first kappa shape index (κ1) is 14.0. The summed E-state index contributed by atoms with van der Waals surface area (Å²) in [6.07, 6.45) is 3.83. The summed E-state index contributed by atoms with van der Waals surface area (Å²) in [5.74, 6) is 0.412. The average Bonchev–Trinajstić information content (AvgIpc) is 2.73. The molecule has 6 heteroatoms. The first-order chi connectivity index (χ1) is 9.24. The molecule has 1 N–H and O–H groups in total. The molecule has 1 atom stereocenters. The first-order valence-electron chi connectivity index (χ1n) is 6.66. The minimum absolute atomic E-state index is 0.105. The van der Waals surface area contributed by atoms with Crippen LogP contribution in [0.15, 0.2) is 6.20 Å². The van der Waals surface area contributed by atoms with E-state index in [1.165, 1.54) is 0 Å². The van der Waals surface area contributed by atoms with Crippen molar-refractivity contribution in [1.82, 2.24) is 9.55 Å². The van der Waals surface area contributed by atoms with Crippen molar-refractivity contribution >= 4 is 5.97 Å². The number of esters is 1. The molecule has 1 aliphatic rings. The molecule has 1 aromatic rings. The van der Waals surface area contributed by atoms with Crippen molar-refractivity contribution in [1.29, 1.82) is 0 Å². The standard InChI is InChI=1S/C13H20N2O4/c1-2-18-13(17)4-3-10-7-14-12(9-16)15(10)8-11-5-6-19-11/h7,11,16H,2-6,8-9H2,1H3. The lowest BCUT2D eigenvalue weighted by Gasteiger charge is -2.28. The molecule has 1 aliphatic heterocycles. The lowest BCUT2D eigenvalue weighted by molar-refractivity contribution is -0.143. The van der Waals surface area contributed by atoms with E-state index in [1.807, 2.05) is 4.57 Å². The topological polar surface area (TPSA) is 73.6 Å². The number of aryl methyl sites for hydroxylation is 1. The molecular weight excluding hydrogens is 248 g/mol. The van der Waals surface area contributed by atoms with E-state index >= 15 is 0 Å². The largest absolute Gasteiger partial charge is 0.466 e. The van der Waals surface area contributed by atoms with E-state index < -0.39 is 0 Å². The molecule has 0 radical (unpaired) electrons. The van der Waals surface area contributed by atoms with E-state index in [4.69, 9.17) is 9.47 Å². The average molecular weight is 268 g/mol. The summed E-state index contributed by atoms with van der Waals surface area (Å²) >= 11 is 0. The Hall–Kier alpha value is -1.40. The van der Waals surface area contributed by atoms with E-state index in [9.17, 15) is 9.90 Å². The highest BCUT2D eigenvalue weighted by Gasteiger charge is 2.21. The van der Waals surface area contributed by atoms with Gasteiger partial charge in [0.05, 0.1) is 25.7 Å². The number of aliphatic hydroxyl groups is 1. The van der Waals surface area contributed by atoms with E-state index in [0.717, 1.165) is 18.7 Å². The van der Waals surface area contributed by atoms with Crippen LogP contribution >= 0.6 is 0 Å². The number of carbonyl (C=O) groups is 1. The molecule has 0 spiro atoms. The van der Waals surface area contributed by atoms with Gasteiger partial charge in [-0.3, -0.25) is 4.79 Å². The number of rotatable bonds is 7. The highest BCUT2D eigenvalue weighted by molar-refractivity contribution is 5.69. The van der Waals surface area contributed by atoms with Crippen molar-refractivity contribution in [3.63, 3.8) is 0 Å². The van der Waals surface area contributed by atoms with Gasteiger partial charge in [0.15, 0.2) is 0 Å². The van der Waals surface area contributed by atoms with Crippen molar-refractivity contribution in [3.8, 4) is 0 Å². The number of ether oxygens (including phenoxy) is 2. The molecule has 2 rings (SSSR count). The maximum absolute atomic E-state index is 11.4. The molecule has 6 nitrogen and oxygen atoms in total. The third kappa shape index (κ3) is 3.54. The summed E-state index contributed by atoms with van der Waals surface area (Å²) in [6, 6.07) is 0. The van der Waals surface area contributed by atoms with Crippen LogP contribution in [0.2, 0.25) is 0 Å². The Bertz CT molecular complexity index is 426. The fourth-order valence-corrected chi connectivity index (χ4v) is 2.10. The molecule has 0 amide bonds. The van der Waals surface area contributed by atoms with Crippen molar-refractivity contribution in [2.24, 2.45) is 0 Å². The fourth-order valence-electron chi connectivity index (χ4n) is 2.10. The summed E-state index contributed by atoms with van der Waals surface area (Å²) in [7, 11) is 0. The van der Waals surface area contributed by atoms with Crippen molar-refractivity contribution in [3.05, 3.63) is 17.7 Å². The SMILES string of the molecule is CCOC(=O)CCc1cnc(CO)n1CC1CCO1. The number of aromatic nitrogens is 2. The van der Waals surface area contributed by atoms with Crippen LogP contribution in [0, 0.1) is 0 Å². The Morgan fingerprint density at radius 2 is 2.47 bits per heavy atom. The van der Waals surface area contributed by atoms with Crippen LogP contribution in [0.3, 0.4) is 0 Å². The molecule has 1 aromatic heterocycles. The van der Waals surface area contributed by atoms with Gasteiger partial charge >= 0.3 is 5.97 Å². The van der Waals surface area contributed by atoms with Crippen LogP contribution in [0.25, 0.3) is 0 Å². The molecule has 1 unspecified atom stereocenters. The van der Waals surface area contributed by atoms with Gasteiger partial charge in [-0.25, -0.2) is 4.98 Å². The number of hydrogen-bond acceptors (Lipinski definition) is 5. The molecular formula is C13H20N2O4. The summed E-state index contributed by atoms with van der Waals surface area (Å²) in [5.41, 5.74) is 0.938. The van der Waals surface area contributed by atoms with Crippen LogP contribution in [0.5, 0.6) is 0 Å². The van der Waals surface area contributed by atoms with Crippen molar-refractivity contribution in [2.75, 3.05) is 13.2 Å². The quantitative estimate of drug-likeness (QED) is 0.735. The number of nitrogens with zero attached hydrogens (tertiary/aromatic N) is 2. The number of hydrogen-bond donors (Lipinski definition) is 1. The molecule has 1 saturated heterocycles. The second-order valence-electron chi connectivity index (χ2n) is 4.52. The van der Waals surface area contributed by atoms with E-state index in [1.54, 1.807) is 13.1 Å². The molecule has 0 aliphatic carbocycles. The van der Waals surface area contributed by atoms with Crippen LogP contribution in [0.1, 0.15) is 31.3 Å². The van der Waals surface area contributed by atoms with Crippen LogP contribution in [0.4, 0.5) is 0 Å². The zero-order chi connectivity index (χ0) is 13.7. The van der Waals surface area contributed by atoms with E-state index in [2.05, 4.69) is 4.98 Å². The Morgan fingerprint density at radius 1 is 1.68 bits per heavy atom. The summed E-state index contributed by atoms with van der Waals surface area (Å²) in [6.45, 7) is 3.57. The van der Waals surface area contributed by atoms with E-state index in [0.29, 0.717) is 31.8 Å². The van der Waals surface area contributed by atoms with Crippen molar-refractivity contribution < 1.29 is 19.4 Å². The van der Waals surface area contributed by atoms with Gasteiger partial charge in [-0.1, -0.05) is 0 Å². The molecule has 0 aromatic carbocycles. The Labute approximate surface area is 112 Å². The van der Waals surface area contributed by atoms with Gasteiger partial charge in [-0.15, -0.1) is 0 Å². The first-order valence-corrected chi connectivity index (χ1v) is 6.66. The van der Waals surface area contributed by atoms with Gasteiger partial charge in [0.2, 0.25) is 0 Å². The fraction of sp³-hybridized carbons (Fsp3) is 0.692. The third-order valence-electron chi connectivity index (χ3n) is 3.23. The summed E-state index contributed by atoms with van der Waals surface area (Å²) in [5, 5.41) is 9.28. The molecule has 0 saturated carbocycles. The minimum atomic E-state index is -0.208. The van der Waals surface area contributed by atoms with Gasteiger partial charge in [-0.05, 0) is 19.8 Å². The van der Waals surface area contributed by atoms with Crippen molar-refractivity contribution in [2.45, 2.75) is 45.4 Å². The van der Waals surface area contributed by atoms with Crippen LogP contribution < -0.4 is 0 Å². The second kappa shape index (κ2) is 6.68. The normalized spacial score (nSPS) is 18.1. The zero-order valence-electron chi connectivity index (χ0n) is 11.2. The van der Waals surface area contributed by atoms with Crippen LogP contribution in [-0.4, -0.2) is 39.9 Å². The van der Waals surface area contributed by atoms with Gasteiger partial charge in [0.25, 0.3) is 0 Å². The zero-order valence-corrected chi connectivity index (χ0v) is 11.2. The van der Waals surface area contributed by atoms with Gasteiger partial charge < -0.3 is 19.1 Å². The van der Waals surface area contributed by atoms with Gasteiger partial charge in [-0.2, -0.15) is 0 Å². The predicted molar refractivity (Wildman–Crippen MR) is 67.5 cm³/mol. The lowest BCUT2D eigenvalue weighted by Crippen LogP contribution is -2.32. The smallest absolute Gasteiger partial charge is 0.306 e. The summed E-state index contributed by atoms with van der Waals surface area (Å²) in [4.78, 5) is 15.5. The maximum atomic E-state index is 11.4. The minimum Gasteiger partial charge on any atom is -0.466 e. The number of aliphatic hydroxyl groups excluding tert-OH is 1. The lowest BCUT2D eigenvalue weighted by atomic mass is 10.2. The number of carbonyl (C=O) groups excluding carboxylic acids is 1. The van der Waals surface area contributed by atoms with E-state index in [-0.39, 0.29) is 18.7 Å². The highest BCUT2D eigenvalue weighted by atomic mass is 16.5.